The quantitative estimate of drug-likeness (QED) is 0.167. The predicted molar refractivity (Wildman–Crippen MR) is 152 cm³/mol. The number of carbonyl (C=O) groups excluding carboxylic acids is 2. The topological polar surface area (TPSA) is 104 Å². The highest BCUT2D eigenvalue weighted by molar-refractivity contribution is 6.33. The number of nitrogens with one attached hydrogen (secondary N) is 2. The second kappa shape index (κ2) is 11.9. The van der Waals surface area contributed by atoms with Crippen molar-refractivity contribution >= 4 is 40.1 Å². The van der Waals surface area contributed by atoms with Crippen molar-refractivity contribution < 1.29 is 31.9 Å². The third kappa shape index (κ3) is 5.96. The third-order valence-electron chi connectivity index (χ3n) is 7.33. The van der Waals surface area contributed by atoms with E-state index in [2.05, 4.69) is 15.6 Å². The Morgan fingerprint density at radius 2 is 1.79 bits per heavy atom. The molecule has 43 heavy (non-hydrogen) atoms. The number of methoxy groups -OCH3 is 1. The molecule has 5 rings (SSSR count). The van der Waals surface area contributed by atoms with Gasteiger partial charge < -0.3 is 15.4 Å². The van der Waals surface area contributed by atoms with Gasteiger partial charge in [-0.2, -0.15) is 5.26 Å². The largest absolute Gasteiger partial charge is 0.467 e. The van der Waals surface area contributed by atoms with Gasteiger partial charge in [-0.25, -0.2) is 22.4 Å². The molecule has 1 amide bonds. The zero-order chi connectivity index (χ0) is 30.9. The van der Waals surface area contributed by atoms with Crippen LogP contribution >= 0.6 is 11.6 Å². The summed E-state index contributed by atoms with van der Waals surface area (Å²) >= 11 is 6.44. The summed E-state index contributed by atoms with van der Waals surface area (Å²) in [6.45, 7) is 0. The van der Waals surface area contributed by atoms with Crippen LogP contribution < -0.4 is 10.6 Å². The minimum Gasteiger partial charge on any atom is -0.467 e. The summed E-state index contributed by atoms with van der Waals surface area (Å²) in [5, 5.41) is 14.9. The van der Waals surface area contributed by atoms with Crippen molar-refractivity contribution in [3.8, 4) is 17.2 Å². The maximum atomic E-state index is 14.9. The third-order valence-corrected chi connectivity index (χ3v) is 7.64. The summed E-state index contributed by atoms with van der Waals surface area (Å²) in [5.41, 5.74) is 0.0153. The molecule has 1 fully saturated rings. The number of fused-ring (bicyclic) bond motifs is 1. The van der Waals surface area contributed by atoms with Crippen molar-refractivity contribution in [2.75, 3.05) is 12.4 Å². The van der Waals surface area contributed by atoms with E-state index in [1.165, 1.54) is 6.07 Å². The van der Waals surface area contributed by atoms with Crippen molar-refractivity contribution in [1.29, 1.82) is 5.26 Å². The summed E-state index contributed by atoms with van der Waals surface area (Å²) < 4.78 is 61.3. The molecule has 2 N–H and O–H groups in total. The average Bonchev–Trinajstić information content (AvgIpc) is 3.77. The zero-order valence-electron chi connectivity index (χ0n) is 22.6. The van der Waals surface area contributed by atoms with Crippen molar-refractivity contribution in [3.05, 3.63) is 94.1 Å². The van der Waals surface area contributed by atoms with Crippen LogP contribution in [-0.2, 0) is 16.0 Å². The lowest BCUT2D eigenvalue weighted by molar-refractivity contribution is -0.142. The van der Waals surface area contributed by atoms with Crippen LogP contribution in [0.3, 0.4) is 0 Å². The smallest absolute Gasteiger partial charge is 0.328 e. The number of hydrogen-bond donors (Lipinski definition) is 2. The number of halogens is 5. The van der Waals surface area contributed by atoms with Gasteiger partial charge >= 0.3 is 5.97 Å². The first-order valence-corrected chi connectivity index (χ1v) is 13.5. The zero-order valence-corrected chi connectivity index (χ0v) is 23.3. The Balaban J connectivity index is 1.43. The van der Waals surface area contributed by atoms with Crippen molar-refractivity contribution in [3.63, 3.8) is 0 Å². The molecule has 0 spiro atoms. The first-order chi connectivity index (χ1) is 20.6. The summed E-state index contributed by atoms with van der Waals surface area (Å²) in [7, 11) is 1.11. The van der Waals surface area contributed by atoms with Gasteiger partial charge in [0.1, 0.15) is 23.2 Å². The van der Waals surface area contributed by atoms with E-state index in [1.807, 2.05) is 6.07 Å². The Morgan fingerprint density at radius 3 is 2.40 bits per heavy atom. The fourth-order valence-corrected chi connectivity index (χ4v) is 5.18. The molecule has 4 aromatic rings. The second-order valence-corrected chi connectivity index (χ2v) is 10.5. The highest BCUT2D eigenvalue weighted by Gasteiger charge is 2.51. The van der Waals surface area contributed by atoms with Crippen LogP contribution in [0.4, 0.5) is 23.2 Å². The maximum absolute atomic E-state index is 14.9. The average molecular weight is 611 g/mol. The number of esters is 1. The number of carbonyl (C=O) groups is 2. The van der Waals surface area contributed by atoms with Gasteiger partial charge in [-0.1, -0.05) is 35.9 Å². The molecular weight excluding hydrogens is 588 g/mol. The van der Waals surface area contributed by atoms with Crippen molar-refractivity contribution in [1.82, 2.24) is 10.3 Å². The lowest BCUT2D eigenvalue weighted by Gasteiger charge is -2.20. The van der Waals surface area contributed by atoms with Gasteiger partial charge in [-0.05, 0) is 48.7 Å². The molecule has 220 valence electrons. The number of nitrogens with zero attached hydrogens (tertiary/aromatic N) is 2. The number of pyridine rings is 1. The number of hydrogen-bond acceptors (Lipinski definition) is 6. The lowest BCUT2D eigenvalue weighted by atomic mass is 9.94. The van der Waals surface area contributed by atoms with E-state index in [0.717, 1.165) is 19.2 Å². The van der Waals surface area contributed by atoms with E-state index in [4.69, 9.17) is 21.6 Å². The van der Waals surface area contributed by atoms with Crippen LogP contribution in [-0.4, -0.2) is 42.0 Å². The normalized spacial score (nSPS) is 14.2. The van der Waals surface area contributed by atoms with E-state index in [0.29, 0.717) is 38.2 Å². The van der Waals surface area contributed by atoms with Gasteiger partial charge in [0.25, 0.3) is 12.3 Å². The first-order valence-electron chi connectivity index (χ1n) is 13.1. The van der Waals surface area contributed by atoms with Crippen LogP contribution in [0.5, 0.6) is 0 Å². The van der Waals surface area contributed by atoms with Gasteiger partial charge in [0.15, 0.2) is 0 Å². The summed E-state index contributed by atoms with van der Waals surface area (Å²) in [4.78, 5) is 30.2. The number of ether oxygens (including phenoxy) is 1. The van der Waals surface area contributed by atoms with Gasteiger partial charge in [0.2, 0.25) is 0 Å². The molecule has 1 aromatic heterocycles. The molecule has 0 saturated heterocycles. The highest BCUT2D eigenvalue weighted by atomic mass is 35.5. The SMILES string of the molecule is COC(=O)[C@H](Cc1ccc(-c2ccc(C#N)cc2Cl)c2ncccc12)NC(=O)c1c(F)cc(NC2(C(F)F)CC2)cc1F. The Bertz CT molecular complexity index is 1770. The number of alkyl halides is 2. The summed E-state index contributed by atoms with van der Waals surface area (Å²) in [6.07, 6.45) is -1.00. The van der Waals surface area contributed by atoms with E-state index in [9.17, 15) is 27.2 Å². The predicted octanol–water partition coefficient (Wildman–Crippen LogP) is 6.43. The van der Waals surface area contributed by atoms with Crippen LogP contribution in [0.15, 0.2) is 60.8 Å². The molecule has 0 radical (unpaired) electrons. The van der Waals surface area contributed by atoms with Crippen molar-refractivity contribution in [2.24, 2.45) is 0 Å². The van der Waals surface area contributed by atoms with Gasteiger partial charge in [0, 0.05) is 39.8 Å². The minimum absolute atomic E-state index is 0.123. The molecule has 0 aliphatic heterocycles. The van der Waals surface area contributed by atoms with E-state index >= 15 is 0 Å². The molecule has 12 heteroatoms. The molecule has 0 unspecified atom stereocenters. The van der Waals surface area contributed by atoms with Crippen LogP contribution in [0.25, 0.3) is 22.0 Å². The molecule has 1 atom stereocenters. The van der Waals surface area contributed by atoms with Crippen LogP contribution in [0, 0.1) is 23.0 Å². The number of amides is 1. The Hall–Kier alpha value is -4.69. The highest BCUT2D eigenvalue weighted by Crippen LogP contribution is 2.44. The molecule has 3 aromatic carbocycles. The molecular formula is C31H23ClF4N4O3. The van der Waals surface area contributed by atoms with Gasteiger partial charge in [-0.3, -0.25) is 9.78 Å². The maximum Gasteiger partial charge on any atom is 0.328 e. The van der Waals surface area contributed by atoms with E-state index in [1.54, 1.807) is 42.6 Å². The molecule has 7 nitrogen and oxygen atoms in total. The van der Waals surface area contributed by atoms with Crippen molar-refractivity contribution in [2.45, 2.75) is 37.3 Å². The van der Waals surface area contributed by atoms with E-state index < -0.39 is 47.1 Å². The Labute approximate surface area is 248 Å². The molecule has 1 aliphatic carbocycles. The standard InChI is InChI=1S/C31H23ClF4N4O3/c1-43-29(42)25(39-28(41)26-23(33)13-18(14-24(26)34)40-31(8-9-31)30(35)36)12-17-5-7-21(27-19(17)3-2-10-38-27)20-6-4-16(15-37)11-22(20)32/h2-7,10-11,13-14,25,30,40H,8-9,12H2,1H3,(H,39,41)/t25-/m0/s1. The van der Waals surface area contributed by atoms with Crippen LogP contribution in [0.2, 0.25) is 5.02 Å². The first kappa shape index (κ1) is 29.8. The number of rotatable bonds is 9. The fourth-order valence-electron chi connectivity index (χ4n) is 4.90. The van der Waals surface area contributed by atoms with Gasteiger partial charge in [0.05, 0.1) is 29.8 Å². The monoisotopic (exact) mass is 610 g/mol. The summed E-state index contributed by atoms with van der Waals surface area (Å²) in [6, 6.07) is 13.9. The molecule has 1 saturated carbocycles. The van der Waals surface area contributed by atoms with E-state index in [-0.39, 0.29) is 24.9 Å². The Kier molecular flexibility index (Phi) is 8.24. The fraction of sp³-hybridized carbons (Fsp3) is 0.226. The molecule has 1 aliphatic rings. The number of benzene rings is 3. The van der Waals surface area contributed by atoms with Gasteiger partial charge in [-0.15, -0.1) is 0 Å². The second-order valence-electron chi connectivity index (χ2n) is 10.1. The minimum atomic E-state index is -2.73. The number of nitriles is 1. The summed E-state index contributed by atoms with van der Waals surface area (Å²) in [5.74, 6) is -4.66. The van der Waals surface area contributed by atoms with Crippen LogP contribution in [0.1, 0.15) is 34.3 Å². The number of aromatic nitrogens is 1. The lowest BCUT2D eigenvalue weighted by Crippen LogP contribution is -2.43. The molecule has 0 bridgehead atoms. The Morgan fingerprint density at radius 1 is 1.09 bits per heavy atom. The molecule has 1 heterocycles. The number of anilines is 1.